The van der Waals surface area contributed by atoms with E-state index in [0.717, 1.165) is 32.5 Å². The van der Waals surface area contributed by atoms with Crippen molar-refractivity contribution in [2.75, 3.05) is 19.7 Å². The third-order valence-corrected chi connectivity index (χ3v) is 3.45. The van der Waals surface area contributed by atoms with Crippen LogP contribution in [0.15, 0.2) is 30.3 Å². The molecular weight excluding hydrogens is 278 g/mol. The first-order valence-electron chi connectivity index (χ1n) is 6.84. The lowest BCUT2D eigenvalue weighted by Gasteiger charge is -2.31. The molecule has 1 N–H and O–H groups in total. The first-order valence-corrected chi connectivity index (χ1v) is 6.84. The highest BCUT2D eigenvalue weighted by atomic mass is 35.5. The van der Waals surface area contributed by atoms with Crippen LogP contribution >= 0.6 is 12.4 Å². The Bertz CT molecular complexity index is 391. The third-order valence-electron chi connectivity index (χ3n) is 3.45. The Morgan fingerprint density at radius 2 is 1.90 bits per heavy atom. The first-order chi connectivity index (χ1) is 9.24. The summed E-state index contributed by atoms with van der Waals surface area (Å²) in [4.78, 5) is 12.8. The summed E-state index contributed by atoms with van der Waals surface area (Å²) in [6.45, 7) is 3.36. The highest BCUT2D eigenvalue weighted by Crippen LogP contribution is 2.16. The van der Waals surface area contributed by atoms with Crippen molar-refractivity contribution in [3.8, 4) is 0 Å². The predicted molar refractivity (Wildman–Crippen MR) is 80.2 cm³/mol. The smallest absolute Gasteiger partial charge is 0.305 e. The Balaban J connectivity index is 0.00000200. The van der Waals surface area contributed by atoms with E-state index in [2.05, 4.69) is 29.2 Å². The fourth-order valence-corrected chi connectivity index (χ4v) is 2.39. The molecule has 0 aliphatic carbocycles. The molecule has 0 aromatic heterocycles. The molecule has 1 saturated heterocycles. The SMILES string of the molecule is Cl.O=C(O)CCOC1CCN(Cc2ccccc2)CC1. The molecule has 112 valence electrons. The van der Waals surface area contributed by atoms with Gasteiger partial charge in [-0.15, -0.1) is 12.4 Å². The maximum atomic E-state index is 10.4. The van der Waals surface area contributed by atoms with Crippen LogP contribution in [0.2, 0.25) is 0 Å². The molecule has 0 spiro atoms. The van der Waals surface area contributed by atoms with E-state index in [1.165, 1.54) is 5.56 Å². The Hall–Kier alpha value is -1.10. The largest absolute Gasteiger partial charge is 0.481 e. The van der Waals surface area contributed by atoms with Crippen LogP contribution in [0.25, 0.3) is 0 Å². The minimum atomic E-state index is -0.790. The second kappa shape index (κ2) is 8.95. The Morgan fingerprint density at radius 3 is 2.50 bits per heavy atom. The van der Waals surface area contributed by atoms with Gasteiger partial charge in [0.25, 0.3) is 0 Å². The van der Waals surface area contributed by atoms with Gasteiger partial charge in [-0.25, -0.2) is 0 Å². The van der Waals surface area contributed by atoms with Gasteiger partial charge in [0, 0.05) is 19.6 Å². The zero-order chi connectivity index (χ0) is 13.5. The van der Waals surface area contributed by atoms with Crippen molar-refractivity contribution in [1.29, 1.82) is 0 Å². The molecule has 4 nitrogen and oxygen atoms in total. The molecule has 1 aliphatic heterocycles. The van der Waals surface area contributed by atoms with E-state index in [0.29, 0.717) is 6.61 Å². The molecule has 0 unspecified atom stereocenters. The van der Waals surface area contributed by atoms with Crippen molar-refractivity contribution in [2.24, 2.45) is 0 Å². The average Bonchev–Trinajstić information content (AvgIpc) is 2.42. The van der Waals surface area contributed by atoms with Gasteiger partial charge >= 0.3 is 5.97 Å². The molecule has 1 heterocycles. The summed E-state index contributed by atoms with van der Waals surface area (Å²) >= 11 is 0. The summed E-state index contributed by atoms with van der Waals surface area (Å²) in [5, 5.41) is 8.56. The molecule has 1 aromatic carbocycles. The Labute approximate surface area is 126 Å². The number of ether oxygens (including phenoxy) is 1. The molecule has 20 heavy (non-hydrogen) atoms. The van der Waals surface area contributed by atoms with Gasteiger partial charge in [-0.3, -0.25) is 9.69 Å². The number of piperidine rings is 1. The fraction of sp³-hybridized carbons (Fsp3) is 0.533. The van der Waals surface area contributed by atoms with Crippen molar-refractivity contribution < 1.29 is 14.6 Å². The van der Waals surface area contributed by atoms with E-state index >= 15 is 0 Å². The lowest BCUT2D eigenvalue weighted by Crippen LogP contribution is -2.36. The second-order valence-corrected chi connectivity index (χ2v) is 4.98. The van der Waals surface area contributed by atoms with E-state index in [1.807, 2.05) is 6.07 Å². The predicted octanol–water partition coefficient (Wildman–Crippen LogP) is 2.56. The van der Waals surface area contributed by atoms with Crippen molar-refractivity contribution in [1.82, 2.24) is 4.90 Å². The highest BCUT2D eigenvalue weighted by Gasteiger charge is 2.19. The number of halogens is 1. The number of aliphatic carboxylic acids is 1. The maximum absolute atomic E-state index is 10.4. The quantitative estimate of drug-likeness (QED) is 0.877. The van der Waals surface area contributed by atoms with E-state index in [9.17, 15) is 4.79 Å². The van der Waals surface area contributed by atoms with Gasteiger partial charge in [-0.1, -0.05) is 30.3 Å². The number of hydrogen-bond acceptors (Lipinski definition) is 3. The van der Waals surface area contributed by atoms with E-state index < -0.39 is 5.97 Å². The summed E-state index contributed by atoms with van der Waals surface area (Å²) in [5.74, 6) is -0.790. The minimum Gasteiger partial charge on any atom is -0.481 e. The monoisotopic (exact) mass is 299 g/mol. The lowest BCUT2D eigenvalue weighted by molar-refractivity contribution is -0.138. The number of carboxylic acid groups (broad SMARTS) is 1. The molecule has 0 saturated carbocycles. The molecule has 0 atom stereocenters. The summed E-state index contributed by atoms with van der Waals surface area (Å²) in [5.41, 5.74) is 1.34. The van der Waals surface area contributed by atoms with E-state index in [4.69, 9.17) is 9.84 Å². The topological polar surface area (TPSA) is 49.8 Å². The van der Waals surface area contributed by atoms with Gasteiger partial charge in [0.15, 0.2) is 0 Å². The average molecular weight is 300 g/mol. The number of nitrogens with zero attached hydrogens (tertiary/aromatic N) is 1. The van der Waals surface area contributed by atoms with Crippen LogP contribution in [0.1, 0.15) is 24.8 Å². The molecule has 0 amide bonds. The van der Waals surface area contributed by atoms with Gasteiger partial charge in [0.2, 0.25) is 0 Å². The number of carboxylic acids is 1. The molecule has 1 fully saturated rings. The fourth-order valence-electron chi connectivity index (χ4n) is 2.39. The number of hydrogen-bond donors (Lipinski definition) is 1. The van der Waals surface area contributed by atoms with Gasteiger partial charge in [-0.05, 0) is 18.4 Å². The molecule has 0 bridgehead atoms. The summed E-state index contributed by atoms with van der Waals surface area (Å²) in [7, 11) is 0. The zero-order valence-electron chi connectivity index (χ0n) is 11.5. The standard InChI is InChI=1S/C15H21NO3.ClH/c17-15(18)8-11-19-14-6-9-16(10-7-14)12-13-4-2-1-3-5-13;/h1-5,14H,6-12H2,(H,17,18);1H. The van der Waals surface area contributed by atoms with Gasteiger partial charge in [0.1, 0.15) is 0 Å². The van der Waals surface area contributed by atoms with Gasteiger partial charge in [0.05, 0.1) is 19.1 Å². The number of likely N-dealkylation sites (tertiary alicyclic amines) is 1. The van der Waals surface area contributed by atoms with Crippen LogP contribution in [0.3, 0.4) is 0 Å². The van der Waals surface area contributed by atoms with Crippen LogP contribution in [0.5, 0.6) is 0 Å². The highest BCUT2D eigenvalue weighted by molar-refractivity contribution is 5.85. The van der Waals surface area contributed by atoms with Gasteiger partial charge < -0.3 is 9.84 Å². The molecule has 1 aliphatic rings. The van der Waals surface area contributed by atoms with Crippen molar-refractivity contribution >= 4 is 18.4 Å². The van der Waals surface area contributed by atoms with E-state index in [-0.39, 0.29) is 24.9 Å². The Kier molecular flexibility index (Phi) is 7.59. The van der Waals surface area contributed by atoms with Crippen molar-refractivity contribution in [3.63, 3.8) is 0 Å². The second-order valence-electron chi connectivity index (χ2n) is 4.98. The van der Waals surface area contributed by atoms with Crippen LogP contribution in [0.4, 0.5) is 0 Å². The van der Waals surface area contributed by atoms with Crippen LogP contribution in [-0.4, -0.2) is 41.8 Å². The van der Waals surface area contributed by atoms with E-state index in [1.54, 1.807) is 0 Å². The molecule has 0 radical (unpaired) electrons. The number of carbonyl (C=O) groups is 1. The summed E-state index contributed by atoms with van der Waals surface area (Å²) < 4.78 is 5.58. The Morgan fingerprint density at radius 1 is 1.25 bits per heavy atom. The van der Waals surface area contributed by atoms with Crippen molar-refractivity contribution in [2.45, 2.75) is 31.9 Å². The number of rotatable bonds is 6. The maximum Gasteiger partial charge on any atom is 0.305 e. The van der Waals surface area contributed by atoms with Crippen LogP contribution in [0, 0.1) is 0 Å². The molecule has 1 aromatic rings. The zero-order valence-corrected chi connectivity index (χ0v) is 12.3. The first kappa shape index (κ1) is 17.0. The van der Waals surface area contributed by atoms with Gasteiger partial charge in [-0.2, -0.15) is 0 Å². The normalized spacial score (nSPS) is 16.6. The molecular formula is C15H22ClNO3. The van der Waals surface area contributed by atoms with Crippen LogP contribution in [-0.2, 0) is 16.1 Å². The summed E-state index contributed by atoms with van der Waals surface area (Å²) in [6.07, 6.45) is 2.31. The third kappa shape index (κ3) is 5.90. The molecule has 2 rings (SSSR count). The molecule has 5 heteroatoms. The summed E-state index contributed by atoms with van der Waals surface area (Å²) in [6, 6.07) is 10.5. The van der Waals surface area contributed by atoms with Crippen LogP contribution < -0.4 is 0 Å². The number of benzene rings is 1. The van der Waals surface area contributed by atoms with Crippen molar-refractivity contribution in [3.05, 3.63) is 35.9 Å². The lowest BCUT2D eigenvalue weighted by atomic mass is 10.1. The minimum absolute atomic E-state index is 0.